The van der Waals surface area contributed by atoms with E-state index in [1.807, 2.05) is 19.1 Å². The van der Waals surface area contributed by atoms with E-state index in [1.54, 1.807) is 0 Å². The summed E-state index contributed by atoms with van der Waals surface area (Å²) >= 11 is 0. The maximum atomic E-state index is 6.44. The summed E-state index contributed by atoms with van der Waals surface area (Å²) < 4.78 is 5.55. The van der Waals surface area contributed by atoms with Gasteiger partial charge in [0.25, 0.3) is 0 Å². The van der Waals surface area contributed by atoms with Crippen LogP contribution in [0.15, 0.2) is 24.3 Å². The molecule has 0 radical (unpaired) electrons. The van der Waals surface area contributed by atoms with Gasteiger partial charge >= 0.3 is 0 Å². The standard InChI is InChI=1S/C16H25NO/c1-3-18-15-9-5-8-14(11-15)16(17)13-7-4-6-12(2)10-13/h5,8-9,11-13,16H,3-4,6-7,10,17H2,1-2H3. The van der Waals surface area contributed by atoms with E-state index in [-0.39, 0.29) is 6.04 Å². The first-order chi connectivity index (χ1) is 8.70. The van der Waals surface area contributed by atoms with Crippen molar-refractivity contribution in [2.24, 2.45) is 17.6 Å². The minimum Gasteiger partial charge on any atom is -0.494 e. The van der Waals surface area contributed by atoms with Crippen LogP contribution in [0.3, 0.4) is 0 Å². The SMILES string of the molecule is CCOc1cccc(C(N)C2CCCC(C)C2)c1. The third kappa shape index (κ3) is 3.26. The van der Waals surface area contributed by atoms with E-state index >= 15 is 0 Å². The summed E-state index contributed by atoms with van der Waals surface area (Å²) in [4.78, 5) is 0. The molecule has 0 bridgehead atoms. The van der Waals surface area contributed by atoms with Gasteiger partial charge in [0.05, 0.1) is 6.61 Å². The van der Waals surface area contributed by atoms with Gasteiger partial charge in [-0.3, -0.25) is 0 Å². The van der Waals surface area contributed by atoms with Gasteiger partial charge in [-0.05, 0) is 49.3 Å². The molecule has 1 fully saturated rings. The molecule has 0 aromatic heterocycles. The molecule has 1 aromatic rings. The maximum absolute atomic E-state index is 6.44. The van der Waals surface area contributed by atoms with Crippen LogP contribution in [-0.2, 0) is 0 Å². The quantitative estimate of drug-likeness (QED) is 0.875. The molecule has 1 saturated carbocycles. The second-order valence-electron chi connectivity index (χ2n) is 5.56. The molecule has 100 valence electrons. The molecule has 0 heterocycles. The molecule has 0 aliphatic heterocycles. The van der Waals surface area contributed by atoms with Crippen molar-refractivity contribution >= 4 is 0 Å². The van der Waals surface area contributed by atoms with Gasteiger partial charge in [0.2, 0.25) is 0 Å². The van der Waals surface area contributed by atoms with Crippen molar-refractivity contribution in [3.63, 3.8) is 0 Å². The largest absolute Gasteiger partial charge is 0.494 e. The van der Waals surface area contributed by atoms with Crippen molar-refractivity contribution in [2.75, 3.05) is 6.61 Å². The molecule has 2 rings (SSSR count). The Morgan fingerprint density at radius 3 is 2.94 bits per heavy atom. The smallest absolute Gasteiger partial charge is 0.119 e. The van der Waals surface area contributed by atoms with Gasteiger partial charge in [-0.15, -0.1) is 0 Å². The molecule has 1 aliphatic rings. The highest BCUT2D eigenvalue weighted by Crippen LogP contribution is 2.36. The summed E-state index contributed by atoms with van der Waals surface area (Å²) in [6.45, 7) is 5.06. The van der Waals surface area contributed by atoms with Crippen LogP contribution >= 0.6 is 0 Å². The summed E-state index contributed by atoms with van der Waals surface area (Å²) in [7, 11) is 0. The molecular formula is C16H25NO. The normalized spacial score (nSPS) is 25.7. The Kier molecular flexibility index (Phi) is 4.65. The molecule has 0 spiro atoms. The van der Waals surface area contributed by atoms with Gasteiger partial charge in [0, 0.05) is 6.04 Å². The number of hydrogen-bond acceptors (Lipinski definition) is 2. The highest BCUT2D eigenvalue weighted by atomic mass is 16.5. The predicted octanol–water partition coefficient (Wildman–Crippen LogP) is 3.91. The number of ether oxygens (including phenoxy) is 1. The zero-order chi connectivity index (χ0) is 13.0. The van der Waals surface area contributed by atoms with Crippen molar-refractivity contribution in [3.8, 4) is 5.75 Å². The summed E-state index contributed by atoms with van der Waals surface area (Å²) in [5.74, 6) is 2.39. The second-order valence-corrected chi connectivity index (χ2v) is 5.56. The van der Waals surface area contributed by atoms with Crippen LogP contribution in [0.4, 0.5) is 0 Å². The van der Waals surface area contributed by atoms with Crippen LogP contribution in [-0.4, -0.2) is 6.61 Å². The number of nitrogens with two attached hydrogens (primary N) is 1. The third-order valence-electron chi connectivity index (χ3n) is 4.04. The molecule has 3 unspecified atom stereocenters. The minimum atomic E-state index is 0.160. The molecular weight excluding hydrogens is 222 g/mol. The van der Waals surface area contributed by atoms with Crippen molar-refractivity contribution in [2.45, 2.75) is 45.6 Å². The fraction of sp³-hybridized carbons (Fsp3) is 0.625. The van der Waals surface area contributed by atoms with Crippen molar-refractivity contribution in [3.05, 3.63) is 29.8 Å². The van der Waals surface area contributed by atoms with Crippen LogP contribution in [0.1, 0.15) is 51.1 Å². The zero-order valence-corrected chi connectivity index (χ0v) is 11.6. The van der Waals surface area contributed by atoms with E-state index in [0.717, 1.165) is 11.7 Å². The Labute approximate surface area is 111 Å². The van der Waals surface area contributed by atoms with Crippen LogP contribution < -0.4 is 10.5 Å². The lowest BCUT2D eigenvalue weighted by Gasteiger charge is -2.31. The highest BCUT2D eigenvalue weighted by molar-refractivity contribution is 5.30. The average molecular weight is 247 g/mol. The van der Waals surface area contributed by atoms with Crippen molar-refractivity contribution in [1.29, 1.82) is 0 Å². The Morgan fingerprint density at radius 2 is 2.22 bits per heavy atom. The molecule has 2 nitrogen and oxygen atoms in total. The van der Waals surface area contributed by atoms with Gasteiger partial charge in [0.15, 0.2) is 0 Å². The van der Waals surface area contributed by atoms with Crippen LogP contribution in [0.25, 0.3) is 0 Å². The maximum Gasteiger partial charge on any atom is 0.119 e. The summed E-state index contributed by atoms with van der Waals surface area (Å²) in [5.41, 5.74) is 7.66. The molecule has 0 amide bonds. The predicted molar refractivity (Wildman–Crippen MR) is 75.7 cm³/mol. The highest BCUT2D eigenvalue weighted by Gasteiger charge is 2.25. The Morgan fingerprint density at radius 1 is 1.39 bits per heavy atom. The van der Waals surface area contributed by atoms with E-state index < -0.39 is 0 Å². The van der Waals surface area contributed by atoms with E-state index in [2.05, 4.69) is 19.1 Å². The minimum absolute atomic E-state index is 0.160. The number of rotatable bonds is 4. The van der Waals surface area contributed by atoms with Crippen LogP contribution in [0.2, 0.25) is 0 Å². The molecule has 2 N–H and O–H groups in total. The van der Waals surface area contributed by atoms with Gasteiger partial charge < -0.3 is 10.5 Å². The lowest BCUT2D eigenvalue weighted by atomic mass is 9.77. The molecule has 3 atom stereocenters. The van der Waals surface area contributed by atoms with E-state index in [9.17, 15) is 0 Å². The van der Waals surface area contributed by atoms with Gasteiger partial charge in [-0.2, -0.15) is 0 Å². The number of hydrogen-bond donors (Lipinski definition) is 1. The lowest BCUT2D eigenvalue weighted by molar-refractivity contribution is 0.247. The topological polar surface area (TPSA) is 35.2 Å². The number of benzene rings is 1. The fourth-order valence-electron chi connectivity index (χ4n) is 3.06. The lowest BCUT2D eigenvalue weighted by Crippen LogP contribution is -2.26. The van der Waals surface area contributed by atoms with Crippen LogP contribution in [0, 0.1) is 11.8 Å². The van der Waals surface area contributed by atoms with E-state index in [0.29, 0.717) is 12.5 Å². The van der Waals surface area contributed by atoms with Crippen molar-refractivity contribution < 1.29 is 4.74 Å². The molecule has 2 heteroatoms. The third-order valence-corrected chi connectivity index (χ3v) is 4.04. The Bertz CT molecular complexity index is 377. The zero-order valence-electron chi connectivity index (χ0n) is 11.6. The Balaban J connectivity index is 2.07. The second kappa shape index (κ2) is 6.24. The first kappa shape index (κ1) is 13.4. The summed E-state index contributed by atoms with van der Waals surface area (Å²) in [6, 6.07) is 8.45. The molecule has 0 saturated heterocycles. The molecule has 18 heavy (non-hydrogen) atoms. The van der Waals surface area contributed by atoms with Crippen molar-refractivity contribution in [1.82, 2.24) is 0 Å². The van der Waals surface area contributed by atoms with Gasteiger partial charge in [-0.25, -0.2) is 0 Å². The fourth-order valence-corrected chi connectivity index (χ4v) is 3.06. The summed E-state index contributed by atoms with van der Waals surface area (Å²) in [5, 5.41) is 0. The molecule has 1 aliphatic carbocycles. The van der Waals surface area contributed by atoms with Crippen LogP contribution in [0.5, 0.6) is 5.75 Å². The van der Waals surface area contributed by atoms with E-state index in [1.165, 1.54) is 31.2 Å². The Hall–Kier alpha value is -1.02. The average Bonchev–Trinajstić information content (AvgIpc) is 2.39. The monoisotopic (exact) mass is 247 g/mol. The van der Waals surface area contributed by atoms with E-state index in [4.69, 9.17) is 10.5 Å². The first-order valence-corrected chi connectivity index (χ1v) is 7.19. The van der Waals surface area contributed by atoms with Gasteiger partial charge in [-0.1, -0.05) is 31.9 Å². The summed E-state index contributed by atoms with van der Waals surface area (Å²) in [6.07, 6.45) is 5.22. The van der Waals surface area contributed by atoms with Gasteiger partial charge in [0.1, 0.15) is 5.75 Å². The first-order valence-electron chi connectivity index (χ1n) is 7.19. The molecule has 1 aromatic carbocycles.